The highest BCUT2D eigenvalue weighted by atomic mass is 16.4. The molecule has 1 unspecified atom stereocenters. The van der Waals surface area contributed by atoms with Gasteiger partial charge in [-0.2, -0.15) is 0 Å². The maximum atomic E-state index is 11.1. The van der Waals surface area contributed by atoms with Crippen LogP contribution in [0.4, 0.5) is 4.79 Å². The van der Waals surface area contributed by atoms with E-state index in [0.717, 1.165) is 0 Å². The van der Waals surface area contributed by atoms with E-state index in [1.54, 1.807) is 24.3 Å². The summed E-state index contributed by atoms with van der Waals surface area (Å²) < 4.78 is 0. The van der Waals surface area contributed by atoms with Crippen molar-refractivity contribution in [1.82, 2.24) is 16.2 Å². The van der Waals surface area contributed by atoms with Gasteiger partial charge in [-0.25, -0.2) is 15.6 Å². The molecule has 8 heteroatoms. The van der Waals surface area contributed by atoms with E-state index in [1.807, 2.05) is 6.07 Å². The fourth-order valence-electron chi connectivity index (χ4n) is 1.67. The first-order valence-electron chi connectivity index (χ1n) is 6.51. The normalized spacial score (nSPS) is 13.4. The van der Waals surface area contributed by atoms with Crippen LogP contribution in [0.3, 0.4) is 0 Å². The van der Waals surface area contributed by atoms with Gasteiger partial charge in [0.1, 0.15) is 12.3 Å². The minimum absolute atomic E-state index is 0.268. The topological polar surface area (TPSA) is 137 Å². The predicted octanol–water partition coefficient (Wildman–Crippen LogP) is -0.327. The Morgan fingerprint density at radius 1 is 1.19 bits per heavy atom. The van der Waals surface area contributed by atoms with Gasteiger partial charge in [0.2, 0.25) is 0 Å². The second-order valence-corrected chi connectivity index (χ2v) is 4.43. The lowest BCUT2D eigenvalue weighted by Gasteiger charge is -2.19. The molecule has 2 atom stereocenters. The van der Waals surface area contributed by atoms with E-state index in [4.69, 9.17) is 10.8 Å². The number of benzene rings is 1. The van der Waals surface area contributed by atoms with Crippen molar-refractivity contribution in [1.29, 1.82) is 0 Å². The molecule has 0 fully saturated rings. The highest BCUT2D eigenvalue weighted by Crippen LogP contribution is 2.08. The number of aliphatic hydroxyl groups excluding tert-OH is 1. The maximum Gasteiger partial charge on any atom is 0.322 e. The Morgan fingerprint density at radius 3 is 2.43 bits per heavy atom. The molecule has 21 heavy (non-hydrogen) atoms. The third-order valence-electron chi connectivity index (χ3n) is 2.78. The Balaban J connectivity index is 2.37. The summed E-state index contributed by atoms with van der Waals surface area (Å²) in [6.07, 6.45) is -0.308. The molecular formula is C13H20N4O4. The van der Waals surface area contributed by atoms with Gasteiger partial charge in [0.25, 0.3) is 0 Å². The summed E-state index contributed by atoms with van der Waals surface area (Å²) in [4.78, 5) is 21.6. The average Bonchev–Trinajstić information content (AvgIpc) is 2.46. The van der Waals surface area contributed by atoms with Gasteiger partial charge in [-0.15, -0.1) is 0 Å². The molecular weight excluding hydrogens is 276 g/mol. The Hall–Kier alpha value is -2.16. The molecule has 0 spiro atoms. The molecule has 0 aromatic heterocycles. The van der Waals surface area contributed by atoms with Crippen molar-refractivity contribution in [2.24, 2.45) is 5.73 Å². The number of aliphatic carboxylic acids is 1. The lowest BCUT2D eigenvalue weighted by molar-refractivity contribution is -0.140. The molecule has 0 saturated heterocycles. The smallest absolute Gasteiger partial charge is 0.322 e. The van der Waals surface area contributed by atoms with Crippen LogP contribution in [0.15, 0.2) is 30.3 Å². The van der Waals surface area contributed by atoms with Gasteiger partial charge in [-0.1, -0.05) is 30.3 Å². The zero-order chi connectivity index (χ0) is 15.7. The highest BCUT2D eigenvalue weighted by molar-refractivity contribution is 5.73. The quantitative estimate of drug-likeness (QED) is 0.210. The third kappa shape index (κ3) is 6.70. The molecule has 1 aromatic carbocycles. The van der Waals surface area contributed by atoms with E-state index in [-0.39, 0.29) is 6.42 Å². The molecule has 0 aliphatic rings. The van der Waals surface area contributed by atoms with E-state index < -0.39 is 24.3 Å². The van der Waals surface area contributed by atoms with Crippen molar-refractivity contribution in [3.05, 3.63) is 35.9 Å². The second-order valence-electron chi connectivity index (χ2n) is 4.43. The number of aliphatic hydroxyl groups is 1. The van der Waals surface area contributed by atoms with Crippen LogP contribution in [0, 0.1) is 0 Å². The first-order valence-corrected chi connectivity index (χ1v) is 6.51. The van der Waals surface area contributed by atoms with Gasteiger partial charge in [0, 0.05) is 6.54 Å². The van der Waals surface area contributed by atoms with Crippen molar-refractivity contribution in [3.8, 4) is 0 Å². The number of carboxylic acids is 1. The van der Waals surface area contributed by atoms with Crippen molar-refractivity contribution in [3.63, 3.8) is 0 Å². The number of carbonyl (C=O) groups is 2. The van der Waals surface area contributed by atoms with Crippen LogP contribution in [-0.4, -0.2) is 34.8 Å². The lowest BCUT2D eigenvalue weighted by Crippen LogP contribution is -2.47. The number of nitrogens with two attached hydrogens (primary N) is 1. The van der Waals surface area contributed by atoms with Crippen LogP contribution in [0.2, 0.25) is 0 Å². The fourth-order valence-corrected chi connectivity index (χ4v) is 1.67. The summed E-state index contributed by atoms with van der Waals surface area (Å²) >= 11 is 0. The van der Waals surface area contributed by atoms with E-state index in [1.165, 1.54) is 0 Å². The maximum absolute atomic E-state index is 11.1. The number of hydrogen-bond donors (Lipinski definition) is 6. The Labute approximate surface area is 122 Å². The van der Waals surface area contributed by atoms with Crippen LogP contribution in [0.1, 0.15) is 24.6 Å². The summed E-state index contributed by atoms with van der Waals surface area (Å²) in [7, 11) is 0. The molecule has 1 aromatic rings. The molecule has 0 bridgehead atoms. The molecule has 2 amide bonds. The molecule has 7 N–H and O–H groups in total. The minimum Gasteiger partial charge on any atom is -0.480 e. The second kappa shape index (κ2) is 8.90. The number of hydrazine groups is 1. The molecule has 1 rings (SSSR count). The zero-order valence-electron chi connectivity index (χ0n) is 11.5. The monoisotopic (exact) mass is 296 g/mol. The van der Waals surface area contributed by atoms with Crippen molar-refractivity contribution in [2.45, 2.75) is 25.1 Å². The number of rotatable bonds is 9. The van der Waals surface area contributed by atoms with Gasteiger partial charge in [0.15, 0.2) is 0 Å². The fraction of sp³-hybridized carbons (Fsp3) is 0.385. The van der Waals surface area contributed by atoms with E-state index in [9.17, 15) is 14.7 Å². The third-order valence-corrected chi connectivity index (χ3v) is 2.78. The van der Waals surface area contributed by atoms with Crippen molar-refractivity contribution < 1.29 is 19.8 Å². The van der Waals surface area contributed by atoms with E-state index >= 15 is 0 Å². The SMILES string of the molecule is NC(=O)NCCC[C@H](NNC(O)c1ccccc1)C(=O)O. The summed E-state index contributed by atoms with van der Waals surface area (Å²) in [6.45, 7) is 0.294. The molecule has 116 valence electrons. The number of nitrogens with one attached hydrogen (secondary N) is 3. The Kier molecular flexibility index (Phi) is 7.16. The number of urea groups is 1. The van der Waals surface area contributed by atoms with Gasteiger partial charge in [0.05, 0.1) is 0 Å². The van der Waals surface area contributed by atoms with E-state index in [0.29, 0.717) is 18.5 Å². The molecule has 0 aliphatic carbocycles. The van der Waals surface area contributed by atoms with Crippen LogP contribution in [-0.2, 0) is 4.79 Å². The molecule has 0 aliphatic heterocycles. The number of hydrogen-bond acceptors (Lipinski definition) is 5. The first kappa shape index (κ1) is 16.9. The van der Waals surface area contributed by atoms with Gasteiger partial charge in [-0.3, -0.25) is 4.79 Å². The first-order chi connectivity index (χ1) is 10.0. The van der Waals surface area contributed by atoms with Crippen LogP contribution < -0.4 is 21.9 Å². The molecule has 0 heterocycles. The number of carbonyl (C=O) groups excluding carboxylic acids is 1. The summed E-state index contributed by atoms with van der Waals surface area (Å²) in [5, 5.41) is 21.3. The van der Waals surface area contributed by atoms with Crippen LogP contribution >= 0.6 is 0 Å². The predicted molar refractivity (Wildman–Crippen MR) is 75.9 cm³/mol. The van der Waals surface area contributed by atoms with E-state index in [2.05, 4.69) is 16.2 Å². The minimum atomic E-state index is -1.05. The van der Waals surface area contributed by atoms with Crippen LogP contribution in [0.5, 0.6) is 0 Å². The van der Waals surface area contributed by atoms with Crippen LogP contribution in [0.25, 0.3) is 0 Å². The van der Waals surface area contributed by atoms with Crippen molar-refractivity contribution >= 4 is 12.0 Å². The lowest BCUT2D eigenvalue weighted by atomic mass is 10.1. The van der Waals surface area contributed by atoms with Gasteiger partial charge >= 0.3 is 12.0 Å². The average molecular weight is 296 g/mol. The number of primary amides is 1. The largest absolute Gasteiger partial charge is 0.480 e. The van der Waals surface area contributed by atoms with Gasteiger partial charge in [-0.05, 0) is 18.4 Å². The number of amides is 2. The summed E-state index contributed by atoms with van der Waals surface area (Å²) in [5.74, 6) is -1.05. The molecule has 0 saturated carbocycles. The molecule has 8 nitrogen and oxygen atoms in total. The van der Waals surface area contributed by atoms with Gasteiger partial charge < -0.3 is 21.3 Å². The zero-order valence-corrected chi connectivity index (χ0v) is 11.5. The summed E-state index contributed by atoms with van der Waals surface area (Å²) in [6, 6.07) is 7.24. The van der Waals surface area contributed by atoms with Crippen molar-refractivity contribution in [2.75, 3.05) is 6.54 Å². The number of carboxylic acid groups (broad SMARTS) is 1. The standard InChI is InChI=1S/C13H20N4O4/c14-13(21)15-8-4-7-10(12(19)20)16-17-11(18)9-5-2-1-3-6-9/h1-3,5-6,10-11,16-18H,4,7-8H2,(H,19,20)(H3,14,15,21)/t10-,11?/m0/s1. The highest BCUT2D eigenvalue weighted by Gasteiger charge is 2.18. The Bertz CT molecular complexity index is 455. The Morgan fingerprint density at radius 2 is 1.86 bits per heavy atom. The molecule has 0 radical (unpaired) electrons. The summed E-state index contributed by atoms with van der Waals surface area (Å²) in [5.41, 5.74) is 10.6.